The third kappa shape index (κ3) is 3.60. The Morgan fingerprint density at radius 2 is 2.39 bits per heavy atom. The normalized spacial score (nSPS) is 21.6. The highest BCUT2D eigenvalue weighted by molar-refractivity contribution is 9.10. The zero-order chi connectivity index (χ0) is 13.0. The Kier molecular flexibility index (Phi) is 5.30. The topological polar surface area (TPSA) is 47.3 Å². The van der Waals surface area contributed by atoms with Crippen LogP contribution in [0.3, 0.4) is 0 Å². The number of benzene rings is 1. The van der Waals surface area contributed by atoms with Crippen LogP contribution in [0.5, 0.6) is 0 Å². The molecule has 0 amide bonds. The second kappa shape index (κ2) is 6.75. The molecule has 1 aromatic rings. The van der Waals surface area contributed by atoms with E-state index in [9.17, 15) is 0 Å². The largest absolute Gasteiger partial charge is 0.381 e. The Hall–Kier alpha value is -0.290. The predicted molar refractivity (Wildman–Crippen MR) is 79.2 cm³/mol. The molecule has 2 atom stereocenters. The predicted octanol–water partition coefficient (Wildman–Crippen LogP) is 3.27. The monoisotopic (exact) mass is 332 g/mol. The van der Waals surface area contributed by atoms with Gasteiger partial charge in [-0.1, -0.05) is 11.6 Å². The summed E-state index contributed by atoms with van der Waals surface area (Å²) in [6.45, 7) is 2.26. The number of rotatable bonds is 4. The van der Waals surface area contributed by atoms with Crippen LogP contribution in [0.1, 0.15) is 12.8 Å². The first kappa shape index (κ1) is 14.1. The molecule has 2 unspecified atom stereocenters. The summed E-state index contributed by atoms with van der Waals surface area (Å²) in [4.78, 5) is 0. The Bertz CT molecular complexity index is 397. The van der Waals surface area contributed by atoms with Crippen molar-refractivity contribution in [3.8, 4) is 0 Å². The standard InChI is InChI=1S/C13H18BrClN2O/c14-11-4-3-10(6-12(11)15)17-13(7-16)9-2-1-5-18-8-9/h3-4,6,9,13,17H,1-2,5,7-8,16H2. The van der Waals surface area contributed by atoms with Crippen LogP contribution in [-0.4, -0.2) is 25.8 Å². The number of anilines is 1. The fraction of sp³-hybridized carbons (Fsp3) is 0.538. The molecular formula is C13H18BrClN2O. The molecule has 3 N–H and O–H groups in total. The molecule has 0 bridgehead atoms. The Morgan fingerprint density at radius 1 is 1.56 bits per heavy atom. The van der Waals surface area contributed by atoms with Crippen molar-refractivity contribution in [1.29, 1.82) is 0 Å². The quantitative estimate of drug-likeness (QED) is 0.889. The maximum Gasteiger partial charge on any atom is 0.0568 e. The van der Waals surface area contributed by atoms with Gasteiger partial charge in [0.2, 0.25) is 0 Å². The highest BCUT2D eigenvalue weighted by Crippen LogP contribution is 2.27. The number of nitrogens with two attached hydrogens (primary N) is 1. The van der Waals surface area contributed by atoms with Crippen molar-refractivity contribution in [3.05, 3.63) is 27.7 Å². The molecule has 3 nitrogen and oxygen atoms in total. The second-order valence-electron chi connectivity index (χ2n) is 4.59. The highest BCUT2D eigenvalue weighted by atomic mass is 79.9. The lowest BCUT2D eigenvalue weighted by atomic mass is 9.93. The Balaban J connectivity index is 2.02. The molecule has 1 aliphatic rings. The fourth-order valence-corrected chi connectivity index (χ4v) is 2.68. The molecule has 0 radical (unpaired) electrons. The molecule has 5 heteroatoms. The molecule has 1 aromatic carbocycles. The first-order valence-corrected chi connectivity index (χ1v) is 7.37. The number of halogens is 2. The van der Waals surface area contributed by atoms with E-state index in [0.717, 1.165) is 29.8 Å². The average Bonchev–Trinajstić information content (AvgIpc) is 2.41. The molecule has 1 fully saturated rings. The minimum Gasteiger partial charge on any atom is -0.381 e. The van der Waals surface area contributed by atoms with Crippen molar-refractivity contribution in [2.75, 3.05) is 25.1 Å². The van der Waals surface area contributed by atoms with E-state index in [1.807, 2.05) is 18.2 Å². The summed E-state index contributed by atoms with van der Waals surface area (Å²) in [7, 11) is 0. The number of ether oxygens (including phenoxy) is 1. The molecular weight excluding hydrogens is 316 g/mol. The lowest BCUT2D eigenvalue weighted by Crippen LogP contribution is -2.40. The van der Waals surface area contributed by atoms with Crippen molar-refractivity contribution in [1.82, 2.24) is 0 Å². The first-order valence-electron chi connectivity index (χ1n) is 6.20. The van der Waals surface area contributed by atoms with Crippen molar-refractivity contribution in [3.63, 3.8) is 0 Å². The van der Waals surface area contributed by atoms with Gasteiger partial charge in [-0.2, -0.15) is 0 Å². The van der Waals surface area contributed by atoms with Crippen molar-refractivity contribution < 1.29 is 4.74 Å². The first-order chi connectivity index (χ1) is 8.70. The van der Waals surface area contributed by atoms with Crippen molar-refractivity contribution in [2.45, 2.75) is 18.9 Å². The van der Waals surface area contributed by atoms with Crippen LogP contribution < -0.4 is 11.1 Å². The molecule has 1 aliphatic heterocycles. The summed E-state index contributed by atoms with van der Waals surface area (Å²) in [5, 5.41) is 4.16. The molecule has 100 valence electrons. The minimum atomic E-state index is 0.238. The third-order valence-electron chi connectivity index (χ3n) is 3.29. The van der Waals surface area contributed by atoms with Crippen LogP contribution in [0.25, 0.3) is 0 Å². The summed E-state index contributed by atoms with van der Waals surface area (Å²) in [5.41, 5.74) is 6.86. The van der Waals surface area contributed by atoms with E-state index in [4.69, 9.17) is 22.1 Å². The summed E-state index contributed by atoms with van der Waals surface area (Å²) in [6.07, 6.45) is 2.28. The number of hydrogen-bond acceptors (Lipinski definition) is 3. The second-order valence-corrected chi connectivity index (χ2v) is 5.85. The molecule has 0 saturated carbocycles. The van der Waals surface area contributed by atoms with E-state index in [-0.39, 0.29) is 6.04 Å². The maximum absolute atomic E-state index is 6.08. The van der Waals surface area contributed by atoms with E-state index in [1.165, 1.54) is 6.42 Å². The molecule has 0 spiro atoms. The highest BCUT2D eigenvalue weighted by Gasteiger charge is 2.23. The summed E-state index contributed by atoms with van der Waals surface area (Å²) in [5.74, 6) is 0.478. The van der Waals surface area contributed by atoms with Crippen LogP contribution in [0.4, 0.5) is 5.69 Å². The van der Waals surface area contributed by atoms with Gasteiger partial charge < -0.3 is 15.8 Å². The van der Waals surface area contributed by atoms with E-state index in [1.54, 1.807) is 0 Å². The van der Waals surface area contributed by atoms with Crippen LogP contribution >= 0.6 is 27.5 Å². The van der Waals surface area contributed by atoms with Crippen molar-refractivity contribution in [2.24, 2.45) is 11.7 Å². The van der Waals surface area contributed by atoms with E-state index >= 15 is 0 Å². The minimum absolute atomic E-state index is 0.238. The lowest BCUT2D eigenvalue weighted by Gasteiger charge is -2.30. The van der Waals surface area contributed by atoms with E-state index in [2.05, 4.69) is 21.2 Å². The molecule has 2 rings (SSSR count). The van der Waals surface area contributed by atoms with Crippen LogP contribution in [-0.2, 0) is 4.74 Å². The van der Waals surface area contributed by atoms with Gasteiger partial charge in [-0.05, 0) is 47.0 Å². The fourth-order valence-electron chi connectivity index (χ4n) is 2.25. The van der Waals surface area contributed by atoms with Crippen LogP contribution in [0.2, 0.25) is 5.02 Å². The van der Waals surface area contributed by atoms with Crippen molar-refractivity contribution >= 4 is 33.2 Å². The number of hydrogen-bond donors (Lipinski definition) is 2. The van der Waals surface area contributed by atoms with Gasteiger partial charge in [-0.25, -0.2) is 0 Å². The maximum atomic E-state index is 6.08. The molecule has 0 aromatic heterocycles. The van der Waals surface area contributed by atoms with Crippen LogP contribution in [0.15, 0.2) is 22.7 Å². The molecule has 0 aliphatic carbocycles. The smallest absolute Gasteiger partial charge is 0.0568 e. The summed E-state index contributed by atoms with van der Waals surface area (Å²) < 4.78 is 6.42. The Morgan fingerprint density at radius 3 is 3.00 bits per heavy atom. The molecule has 1 saturated heterocycles. The average molecular weight is 334 g/mol. The SMILES string of the molecule is NCC(Nc1ccc(Br)c(Cl)c1)C1CCCOC1. The van der Waals surface area contributed by atoms with Gasteiger partial charge in [0, 0.05) is 35.3 Å². The Labute approximate surface area is 121 Å². The van der Waals surface area contributed by atoms with Crippen LogP contribution in [0, 0.1) is 5.92 Å². The van der Waals surface area contributed by atoms with E-state index < -0.39 is 0 Å². The third-order valence-corrected chi connectivity index (χ3v) is 4.52. The van der Waals surface area contributed by atoms with Gasteiger partial charge in [0.1, 0.15) is 0 Å². The van der Waals surface area contributed by atoms with Gasteiger partial charge in [0.15, 0.2) is 0 Å². The van der Waals surface area contributed by atoms with E-state index in [0.29, 0.717) is 17.5 Å². The van der Waals surface area contributed by atoms with Gasteiger partial charge in [0.25, 0.3) is 0 Å². The lowest BCUT2D eigenvalue weighted by molar-refractivity contribution is 0.0485. The summed E-state index contributed by atoms with van der Waals surface area (Å²) >= 11 is 9.47. The zero-order valence-electron chi connectivity index (χ0n) is 10.2. The summed E-state index contributed by atoms with van der Waals surface area (Å²) in [6, 6.07) is 6.10. The molecule has 18 heavy (non-hydrogen) atoms. The zero-order valence-corrected chi connectivity index (χ0v) is 12.5. The van der Waals surface area contributed by atoms with Gasteiger partial charge in [0.05, 0.1) is 11.6 Å². The molecule has 1 heterocycles. The van der Waals surface area contributed by atoms with Gasteiger partial charge in [-0.3, -0.25) is 0 Å². The van der Waals surface area contributed by atoms with Gasteiger partial charge in [-0.15, -0.1) is 0 Å². The van der Waals surface area contributed by atoms with Gasteiger partial charge >= 0.3 is 0 Å². The number of nitrogens with one attached hydrogen (secondary N) is 1.